The van der Waals surface area contributed by atoms with Crippen molar-refractivity contribution in [3.05, 3.63) is 47.8 Å². The van der Waals surface area contributed by atoms with E-state index in [0.29, 0.717) is 28.8 Å². The summed E-state index contributed by atoms with van der Waals surface area (Å²) in [5.41, 5.74) is 2.63. The summed E-state index contributed by atoms with van der Waals surface area (Å²) >= 11 is 0. The summed E-state index contributed by atoms with van der Waals surface area (Å²) in [6.45, 7) is 0. The Morgan fingerprint density at radius 3 is 2.50 bits per heavy atom. The van der Waals surface area contributed by atoms with Gasteiger partial charge in [-0.1, -0.05) is 12.1 Å². The van der Waals surface area contributed by atoms with Crippen molar-refractivity contribution < 1.29 is 9.59 Å². The number of aromatic nitrogens is 1. The highest BCUT2D eigenvalue weighted by atomic mass is 16.1. The minimum Gasteiger partial charge on any atom is -0.352 e. The van der Waals surface area contributed by atoms with E-state index in [1.807, 2.05) is 18.2 Å². The summed E-state index contributed by atoms with van der Waals surface area (Å²) in [5.74, 6) is -0.279. The van der Waals surface area contributed by atoms with Crippen LogP contribution in [0.5, 0.6) is 0 Å². The van der Waals surface area contributed by atoms with E-state index in [1.165, 1.54) is 12.4 Å². The molecule has 0 saturated carbocycles. The molecule has 1 aromatic carbocycles. The van der Waals surface area contributed by atoms with Crippen molar-refractivity contribution in [1.29, 1.82) is 0 Å². The van der Waals surface area contributed by atoms with Crippen LogP contribution in [0.25, 0.3) is 0 Å². The number of fused-ring (bicyclic) bond motifs is 2. The maximum absolute atomic E-state index is 12.0. The zero-order valence-electron chi connectivity index (χ0n) is 9.31. The molecule has 5 nitrogen and oxygen atoms in total. The van der Waals surface area contributed by atoms with Gasteiger partial charge in [-0.05, 0) is 12.1 Å². The van der Waals surface area contributed by atoms with E-state index in [1.54, 1.807) is 6.07 Å². The number of aldehydes is 1. The summed E-state index contributed by atoms with van der Waals surface area (Å²) < 4.78 is 0. The van der Waals surface area contributed by atoms with E-state index in [2.05, 4.69) is 15.6 Å². The number of hydrogen-bond acceptors (Lipinski definition) is 4. The largest absolute Gasteiger partial charge is 0.352 e. The Labute approximate surface area is 103 Å². The molecule has 2 heterocycles. The highest BCUT2D eigenvalue weighted by Gasteiger charge is 2.21. The standard InChI is InChI=1S/C13H9N3O2/c17-7-8-5-14-6-9-12(8)15-10-3-1-2-4-11(10)16-13(9)18/h1-7,15H,(H,16,18). The third kappa shape index (κ3) is 1.53. The van der Waals surface area contributed by atoms with Crippen molar-refractivity contribution in [2.75, 3.05) is 10.6 Å². The van der Waals surface area contributed by atoms with Crippen LogP contribution in [0.4, 0.5) is 17.1 Å². The zero-order chi connectivity index (χ0) is 12.5. The lowest BCUT2D eigenvalue weighted by molar-refractivity contribution is 0.102. The van der Waals surface area contributed by atoms with E-state index in [4.69, 9.17) is 0 Å². The number of nitrogens with zero attached hydrogens (tertiary/aromatic N) is 1. The van der Waals surface area contributed by atoms with Crippen molar-refractivity contribution in [3.63, 3.8) is 0 Å². The lowest BCUT2D eigenvalue weighted by atomic mass is 10.1. The number of nitrogens with one attached hydrogen (secondary N) is 2. The van der Waals surface area contributed by atoms with Gasteiger partial charge in [0.25, 0.3) is 5.91 Å². The molecular formula is C13H9N3O2. The predicted octanol–water partition coefficient (Wildman–Crippen LogP) is 2.20. The summed E-state index contributed by atoms with van der Waals surface area (Å²) in [6, 6.07) is 7.31. The Morgan fingerprint density at radius 2 is 1.78 bits per heavy atom. The minimum atomic E-state index is -0.279. The van der Waals surface area contributed by atoms with Crippen LogP contribution in [0.2, 0.25) is 0 Å². The third-order valence-electron chi connectivity index (χ3n) is 2.78. The second-order valence-electron chi connectivity index (χ2n) is 3.89. The number of benzene rings is 1. The average molecular weight is 239 g/mol. The van der Waals surface area contributed by atoms with Crippen LogP contribution in [-0.2, 0) is 0 Å². The zero-order valence-corrected chi connectivity index (χ0v) is 9.31. The van der Waals surface area contributed by atoms with Gasteiger partial charge in [0.15, 0.2) is 6.29 Å². The van der Waals surface area contributed by atoms with E-state index in [0.717, 1.165) is 5.69 Å². The molecule has 18 heavy (non-hydrogen) atoms. The Balaban J connectivity index is 2.23. The van der Waals surface area contributed by atoms with Gasteiger partial charge in [-0.2, -0.15) is 0 Å². The molecule has 2 N–H and O–H groups in total. The predicted molar refractivity (Wildman–Crippen MR) is 67.3 cm³/mol. The number of amides is 1. The van der Waals surface area contributed by atoms with E-state index < -0.39 is 0 Å². The Kier molecular flexibility index (Phi) is 2.30. The van der Waals surface area contributed by atoms with Crippen LogP contribution in [0.3, 0.4) is 0 Å². The molecule has 0 bridgehead atoms. The topological polar surface area (TPSA) is 71.1 Å². The van der Waals surface area contributed by atoms with Gasteiger partial charge in [-0.3, -0.25) is 14.6 Å². The molecule has 1 aromatic heterocycles. The molecule has 2 aromatic rings. The van der Waals surface area contributed by atoms with E-state index in [-0.39, 0.29) is 5.91 Å². The monoisotopic (exact) mass is 239 g/mol. The van der Waals surface area contributed by atoms with Gasteiger partial charge in [0.2, 0.25) is 0 Å². The van der Waals surface area contributed by atoms with Gasteiger partial charge in [-0.15, -0.1) is 0 Å². The molecule has 0 radical (unpaired) electrons. The van der Waals surface area contributed by atoms with Gasteiger partial charge in [0, 0.05) is 12.4 Å². The van der Waals surface area contributed by atoms with E-state index >= 15 is 0 Å². The molecule has 5 heteroatoms. The van der Waals surface area contributed by atoms with Crippen LogP contribution in [0.1, 0.15) is 20.7 Å². The van der Waals surface area contributed by atoms with Crippen molar-refractivity contribution in [1.82, 2.24) is 4.98 Å². The Morgan fingerprint density at radius 1 is 1.06 bits per heavy atom. The normalized spacial score (nSPS) is 12.6. The molecule has 0 spiro atoms. The first kappa shape index (κ1) is 10.5. The summed E-state index contributed by atoms with van der Waals surface area (Å²) in [4.78, 5) is 26.9. The number of rotatable bonds is 1. The Hall–Kier alpha value is -2.69. The fraction of sp³-hybridized carbons (Fsp3) is 0. The molecule has 0 unspecified atom stereocenters. The fourth-order valence-corrected chi connectivity index (χ4v) is 1.90. The number of hydrogen-bond donors (Lipinski definition) is 2. The second kappa shape index (κ2) is 3.96. The highest BCUT2D eigenvalue weighted by molar-refractivity contribution is 6.13. The van der Waals surface area contributed by atoms with Crippen LogP contribution in [0, 0.1) is 0 Å². The van der Waals surface area contributed by atoms with Crippen molar-refractivity contribution in [3.8, 4) is 0 Å². The van der Waals surface area contributed by atoms with Crippen molar-refractivity contribution >= 4 is 29.3 Å². The van der Waals surface area contributed by atoms with Gasteiger partial charge >= 0.3 is 0 Å². The molecule has 88 valence electrons. The number of carbonyl (C=O) groups is 2. The van der Waals surface area contributed by atoms with Crippen LogP contribution in [0.15, 0.2) is 36.7 Å². The first-order chi connectivity index (χ1) is 8.79. The van der Waals surface area contributed by atoms with Crippen LogP contribution >= 0.6 is 0 Å². The molecule has 0 saturated heterocycles. The molecule has 1 aliphatic rings. The summed E-state index contributed by atoms with van der Waals surface area (Å²) in [7, 11) is 0. The number of pyridine rings is 1. The second-order valence-corrected chi connectivity index (χ2v) is 3.89. The molecule has 0 aliphatic carbocycles. The lowest BCUT2D eigenvalue weighted by Gasteiger charge is -2.09. The highest BCUT2D eigenvalue weighted by Crippen LogP contribution is 2.32. The minimum absolute atomic E-state index is 0.279. The van der Waals surface area contributed by atoms with Gasteiger partial charge < -0.3 is 10.6 Å². The van der Waals surface area contributed by atoms with Crippen molar-refractivity contribution in [2.24, 2.45) is 0 Å². The van der Waals surface area contributed by atoms with Gasteiger partial charge in [-0.25, -0.2) is 0 Å². The molecular weight excluding hydrogens is 230 g/mol. The summed E-state index contributed by atoms with van der Waals surface area (Å²) in [6.07, 6.45) is 3.55. The maximum Gasteiger partial charge on any atom is 0.259 e. The molecule has 1 amide bonds. The fourth-order valence-electron chi connectivity index (χ4n) is 1.90. The Bertz CT molecular complexity index is 652. The average Bonchev–Trinajstić information content (AvgIpc) is 2.54. The molecule has 1 aliphatic heterocycles. The quantitative estimate of drug-likeness (QED) is 0.748. The molecule has 3 rings (SSSR count). The third-order valence-corrected chi connectivity index (χ3v) is 2.78. The summed E-state index contributed by atoms with van der Waals surface area (Å²) in [5, 5.41) is 5.87. The first-order valence-corrected chi connectivity index (χ1v) is 5.40. The SMILES string of the molecule is O=Cc1cncc2c1Nc1ccccc1NC2=O. The molecule has 0 fully saturated rings. The van der Waals surface area contributed by atoms with Crippen LogP contribution in [-0.4, -0.2) is 17.2 Å². The number of para-hydroxylation sites is 2. The maximum atomic E-state index is 12.0. The van der Waals surface area contributed by atoms with E-state index in [9.17, 15) is 9.59 Å². The number of anilines is 3. The van der Waals surface area contributed by atoms with Gasteiger partial charge in [0.1, 0.15) is 0 Å². The smallest absolute Gasteiger partial charge is 0.259 e. The number of carbonyl (C=O) groups excluding carboxylic acids is 2. The van der Waals surface area contributed by atoms with Gasteiger partial charge in [0.05, 0.1) is 28.2 Å². The van der Waals surface area contributed by atoms with Crippen LogP contribution < -0.4 is 10.6 Å². The van der Waals surface area contributed by atoms with Crippen molar-refractivity contribution in [2.45, 2.75) is 0 Å². The first-order valence-electron chi connectivity index (χ1n) is 5.40. The molecule has 0 atom stereocenters. The lowest BCUT2D eigenvalue weighted by Crippen LogP contribution is -2.11.